The summed E-state index contributed by atoms with van der Waals surface area (Å²) >= 11 is 5.91. The Morgan fingerprint density at radius 1 is 1.39 bits per heavy atom. The van der Waals surface area contributed by atoms with Crippen LogP contribution in [0, 0.1) is 0 Å². The number of benzene rings is 1. The number of amides is 1. The maximum absolute atomic E-state index is 11.9. The van der Waals surface area contributed by atoms with E-state index in [-0.39, 0.29) is 5.56 Å². The van der Waals surface area contributed by atoms with E-state index in [1.807, 2.05) is 6.92 Å². The smallest absolute Gasteiger partial charge is 0.251 e. The van der Waals surface area contributed by atoms with Gasteiger partial charge in [-0.15, -0.1) is 0 Å². The van der Waals surface area contributed by atoms with E-state index >= 15 is 0 Å². The highest BCUT2D eigenvalue weighted by Crippen LogP contribution is 2.21. The number of carbonyl (C=O) groups excluding carboxylic acids is 1. The average molecular weight is 265 g/mol. The van der Waals surface area contributed by atoms with Crippen LogP contribution in [-0.4, -0.2) is 10.5 Å². The van der Waals surface area contributed by atoms with Gasteiger partial charge in [0.1, 0.15) is 6.04 Å². The van der Waals surface area contributed by atoms with Gasteiger partial charge in [0.2, 0.25) is 5.91 Å². The van der Waals surface area contributed by atoms with Crippen LogP contribution < -0.4 is 11.3 Å². The molecule has 1 atom stereocenters. The normalized spacial score (nSPS) is 12.6. The molecule has 4 nitrogen and oxygen atoms in total. The van der Waals surface area contributed by atoms with Crippen molar-refractivity contribution in [3.63, 3.8) is 0 Å². The highest BCUT2D eigenvalue weighted by Gasteiger charge is 2.18. The second-order valence-corrected chi connectivity index (χ2v) is 4.51. The van der Waals surface area contributed by atoms with Crippen LogP contribution in [0.4, 0.5) is 0 Å². The first-order chi connectivity index (χ1) is 8.54. The highest BCUT2D eigenvalue weighted by molar-refractivity contribution is 6.31. The van der Waals surface area contributed by atoms with Gasteiger partial charge in [0.15, 0.2) is 0 Å². The predicted octanol–water partition coefficient (Wildman–Crippen LogP) is 2.09. The number of nitrogens with zero attached hydrogens (tertiary/aromatic N) is 1. The fraction of sp³-hybridized carbons (Fsp3) is 0.231. The number of hydrogen-bond donors (Lipinski definition) is 1. The van der Waals surface area contributed by atoms with Gasteiger partial charge in [-0.3, -0.25) is 14.2 Å². The molecule has 0 aliphatic carbocycles. The zero-order valence-electron chi connectivity index (χ0n) is 9.89. The SMILES string of the molecule is CCC(C(N)=O)n1c(=O)ccc2cc(Cl)ccc21. The standard InChI is InChI=1S/C13H13ClN2O2/c1-2-10(13(15)18)16-11-5-4-9(14)7-8(11)3-6-12(16)17/h3-7,10H,2H2,1H3,(H2,15,18). The molecule has 1 aromatic carbocycles. The molecule has 0 aliphatic heterocycles. The Balaban J connectivity index is 2.79. The van der Waals surface area contributed by atoms with E-state index in [0.717, 1.165) is 5.39 Å². The minimum atomic E-state index is -0.637. The van der Waals surface area contributed by atoms with E-state index in [1.54, 1.807) is 24.3 Å². The molecule has 94 valence electrons. The molecule has 0 saturated heterocycles. The second kappa shape index (κ2) is 4.82. The first-order valence-electron chi connectivity index (χ1n) is 5.64. The van der Waals surface area contributed by atoms with E-state index in [9.17, 15) is 9.59 Å². The average Bonchev–Trinajstić information content (AvgIpc) is 2.32. The van der Waals surface area contributed by atoms with Gasteiger partial charge in [-0.1, -0.05) is 18.5 Å². The highest BCUT2D eigenvalue weighted by atomic mass is 35.5. The third kappa shape index (κ3) is 2.11. The molecule has 1 heterocycles. The van der Waals surface area contributed by atoms with Gasteiger partial charge in [-0.05, 0) is 36.1 Å². The van der Waals surface area contributed by atoms with Crippen LogP contribution in [-0.2, 0) is 4.79 Å². The monoisotopic (exact) mass is 264 g/mol. The number of carbonyl (C=O) groups is 1. The summed E-state index contributed by atoms with van der Waals surface area (Å²) in [5.41, 5.74) is 5.77. The lowest BCUT2D eigenvalue weighted by atomic mass is 10.1. The first kappa shape index (κ1) is 12.6. The molecular weight excluding hydrogens is 252 g/mol. The Hall–Kier alpha value is -1.81. The molecule has 1 aromatic heterocycles. The predicted molar refractivity (Wildman–Crippen MR) is 71.7 cm³/mol. The molecule has 1 unspecified atom stereocenters. The van der Waals surface area contributed by atoms with Crippen molar-refractivity contribution in [1.29, 1.82) is 0 Å². The van der Waals surface area contributed by atoms with E-state index in [1.165, 1.54) is 10.6 Å². The molecule has 2 N–H and O–H groups in total. The van der Waals surface area contributed by atoms with Crippen LogP contribution >= 0.6 is 11.6 Å². The van der Waals surface area contributed by atoms with Crippen molar-refractivity contribution in [2.24, 2.45) is 5.73 Å². The lowest BCUT2D eigenvalue weighted by Gasteiger charge is -2.17. The number of primary amides is 1. The second-order valence-electron chi connectivity index (χ2n) is 4.07. The van der Waals surface area contributed by atoms with E-state index < -0.39 is 11.9 Å². The van der Waals surface area contributed by atoms with Gasteiger partial charge in [0.25, 0.3) is 5.56 Å². The number of fused-ring (bicyclic) bond motifs is 1. The lowest BCUT2D eigenvalue weighted by Crippen LogP contribution is -2.33. The summed E-state index contributed by atoms with van der Waals surface area (Å²) in [6, 6.07) is 7.64. The Kier molecular flexibility index (Phi) is 3.39. The third-order valence-corrected chi connectivity index (χ3v) is 3.15. The van der Waals surface area contributed by atoms with E-state index in [0.29, 0.717) is 17.0 Å². The molecule has 5 heteroatoms. The van der Waals surface area contributed by atoms with Crippen molar-refractivity contribution < 1.29 is 4.79 Å². The van der Waals surface area contributed by atoms with Crippen LogP contribution in [0.25, 0.3) is 10.9 Å². The number of rotatable bonds is 3. The quantitative estimate of drug-likeness (QED) is 0.923. The molecule has 1 amide bonds. The zero-order valence-corrected chi connectivity index (χ0v) is 10.6. The van der Waals surface area contributed by atoms with Crippen LogP contribution in [0.5, 0.6) is 0 Å². The van der Waals surface area contributed by atoms with Gasteiger partial charge in [0.05, 0.1) is 5.52 Å². The van der Waals surface area contributed by atoms with Crippen LogP contribution in [0.2, 0.25) is 5.02 Å². The molecule has 0 radical (unpaired) electrons. The van der Waals surface area contributed by atoms with E-state index in [2.05, 4.69) is 0 Å². The zero-order chi connectivity index (χ0) is 13.3. The van der Waals surface area contributed by atoms with Gasteiger partial charge < -0.3 is 5.73 Å². The summed E-state index contributed by atoms with van der Waals surface area (Å²) in [5, 5.41) is 1.39. The lowest BCUT2D eigenvalue weighted by molar-refractivity contribution is -0.121. The molecule has 0 saturated carbocycles. The summed E-state index contributed by atoms with van der Waals surface area (Å²) in [4.78, 5) is 23.4. The number of pyridine rings is 1. The fourth-order valence-electron chi connectivity index (χ4n) is 2.07. The summed E-state index contributed by atoms with van der Waals surface area (Å²) in [5.74, 6) is -0.512. The number of aromatic nitrogens is 1. The van der Waals surface area contributed by atoms with Crippen molar-refractivity contribution in [3.8, 4) is 0 Å². The van der Waals surface area contributed by atoms with Crippen LogP contribution in [0.1, 0.15) is 19.4 Å². The maximum Gasteiger partial charge on any atom is 0.251 e. The van der Waals surface area contributed by atoms with Gasteiger partial charge in [-0.2, -0.15) is 0 Å². The minimum absolute atomic E-state index is 0.240. The number of nitrogens with two attached hydrogens (primary N) is 1. The van der Waals surface area contributed by atoms with Crippen LogP contribution in [0.3, 0.4) is 0 Å². The topological polar surface area (TPSA) is 65.1 Å². The first-order valence-corrected chi connectivity index (χ1v) is 6.02. The molecule has 2 rings (SSSR count). The molecule has 0 aliphatic rings. The molecule has 18 heavy (non-hydrogen) atoms. The molecular formula is C13H13ClN2O2. The third-order valence-electron chi connectivity index (χ3n) is 2.92. The van der Waals surface area contributed by atoms with Crippen LogP contribution in [0.15, 0.2) is 35.1 Å². The number of halogens is 1. The minimum Gasteiger partial charge on any atom is -0.368 e. The van der Waals surface area contributed by atoms with Crippen molar-refractivity contribution in [3.05, 3.63) is 45.7 Å². The Labute approximate surface area is 109 Å². The molecule has 0 fully saturated rings. The van der Waals surface area contributed by atoms with Gasteiger partial charge >= 0.3 is 0 Å². The fourth-order valence-corrected chi connectivity index (χ4v) is 2.25. The summed E-state index contributed by atoms with van der Waals surface area (Å²) in [6.07, 6.45) is 0.469. The van der Waals surface area contributed by atoms with Crippen molar-refractivity contribution in [2.45, 2.75) is 19.4 Å². The number of hydrogen-bond acceptors (Lipinski definition) is 2. The Bertz CT molecular complexity index is 664. The Morgan fingerprint density at radius 3 is 2.72 bits per heavy atom. The summed E-state index contributed by atoms with van der Waals surface area (Å²) < 4.78 is 1.42. The largest absolute Gasteiger partial charge is 0.368 e. The van der Waals surface area contributed by atoms with Crippen molar-refractivity contribution >= 4 is 28.4 Å². The summed E-state index contributed by atoms with van der Waals surface area (Å²) in [7, 11) is 0. The van der Waals surface area contributed by atoms with Gasteiger partial charge in [-0.25, -0.2) is 0 Å². The Morgan fingerprint density at radius 2 is 2.11 bits per heavy atom. The van der Waals surface area contributed by atoms with Crippen molar-refractivity contribution in [2.75, 3.05) is 0 Å². The van der Waals surface area contributed by atoms with Crippen molar-refractivity contribution in [1.82, 2.24) is 4.57 Å². The van der Waals surface area contributed by atoms with E-state index in [4.69, 9.17) is 17.3 Å². The molecule has 0 spiro atoms. The maximum atomic E-state index is 11.9. The molecule has 2 aromatic rings. The van der Waals surface area contributed by atoms with Gasteiger partial charge in [0, 0.05) is 11.1 Å². The molecule has 0 bridgehead atoms. The summed E-state index contributed by atoms with van der Waals surface area (Å²) in [6.45, 7) is 1.82.